The van der Waals surface area contributed by atoms with E-state index in [4.69, 9.17) is 10.5 Å². The molecular formula is C14H20N2O2. The number of carbonyl (C=O) groups excluding carboxylic acids is 1. The lowest BCUT2D eigenvalue weighted by molar-refractivity contribution is 0.0951. The van der Waals surface area contributed by atoms with Crippen LogP contribution in [0.4, 0.5) is 5.69 Å². The number of rotatable bonds is 6. The molecule has 0 bridgehead atoms. The van der Waals surface area contributed by atoms with Gasteiger partial charge in [0.05, 0.1) is 6.61 Å². The number of nitrogens with one attached hydrogen (secondary N) is 1. The maximum atomic E-state index is 12.0. The van der Waals surface area contributed by atoms with Gasteiger partial charge in [-0.05, 0) is 32.4 Å². The highest BCUT2D eigenvalue weighted by atomic mass is 16.5. The fraction of sp³-hybridized carbons (Fsp3) is 0.357. The molecule has 0 aliphatic heterocycles. The number of allylic oxidation sites excluding steroid dienone is 1. The van der Waals surface area contributed by atoms with Crippen LogP contribution in [0.1, 0.15) is 30.6 Å². The fourth-order valence-corrected chi connectivity index (χ4v) is 1.59. The summed E-state index contributed by atoms with van der Waals surface area (Å²) < 4.78 is 5.41. The van der Waals surface area contributed by atoms with Gasteiger partial charge in [-0.2, -0.15) is 0 Å². The first-order valence-electron chi connectivity index (χ1n) is 6.11. The van der Waals surface area contributed by atoms with Gasteiger partial charge >= 0.3 is 0 Å². The van der Waals surface area contributed by atoms with Gasteiger partial charge in [-0.1, -0.05) is 18.2 Å². The molecule has 4 heteroatoms. The predicted molar refractivity (Wildman–Crippen MR) is 73.8 cm³/mol. The second kappa shape index (κ2) is 7.37. The van der Waals surface area contributed by atoms with Crippen molar-refractivity contribution >= 4 is 11.6 Å². The third-order valence-corrected chi connectivity index (χ3v) is 2.42. The van der Waals surface area contributed by atoms with Crippen LogP contribution in [0.3, 0.4) is 0 Å². The molecule has 0 saturated heterocycles. The molecule has 3 N–H and O–H groups in total. The lowest BCUT2D eigenvalue weighted by atomic mass is 10.1. The molecule has 18 heavy (non-hydrogen) atoms. The number of hydrogen-bond acceptors (Lipinski definition) is 3. The van der Waals surface area contributed by atoms with Crippen LogP contribution >= 0.6 is 0 Å². The second-order valence-electron chi connectivity index (χ2n) is 3.77. The molecule has 0 unspecified atom stereocenters. The molecule has 0 aliphatic carbocycles. The van der Waals surface area contributed by atoms with Gasteiger partial charge in [0.15, 0.2) is 0 Å². The number of benzene rings is 1. The van der Waals surface area contributed by atoms with E-state index >= 15 is 0 Å². The van der Waals surface area contributed by atoms with Crippen molar-refractivity contribution in [2.75, 3.05) is 18.9 Å². The predicted octanol–water partition coefficient (Wildman–Crippen LogP) is 2.36. The van der Waals surface area contributed by atoms with E-state index in [2.05, 4.69) is 5.32 Å². The Hall–Kier alpha value is -1.97. The number of carbonyl (C=O) groups is 1. The highest BCUT2D eigenvalue weighted by Gasteiger charge is 2.15. The molecule has 1 rings (SSSR count). The zero-order valence-electron chi connectivity index (χ0n) is 10.9. The lowest BCUT2D eigenvalue weighted by Gasteiger charge is -2.12. The summed E-state index contributed by atoms with van der Waals surface area (Å²) >= 11 is 0. The number of hydrogen-bond donors (Lipinski definition) is 2. The summed E-state index contributed by atoms with van der Waals surface area (Å²) in [5.74, 6) is 0.335. The maximum Gasteiger partial charge on any atom is 0.257 e. The van der Waals surface area contributed by atoms with Crippen LogP contribution in [-0.2, 0) is 0 Å². The Morgan fingerprint density at radius 3 is 2.94 bits per heavy atom. The molecule has 4 nitrogen and oxygen atoms in total. The van der Waals surface area contributed by atoms with Crippen molar-refractivity contribution in [3.63, 3.8) is 0 Å². The van der Waals surface area contributed by atoms with E-state index in [1.165, 1.54) is 0 Å². The number of ether oxygens (including phenoxy) is 1. The maximum absolute atomic E-state index is 12.0. The smallest absolute Gasteiger partial charge is 0.257 e. The molecule has 0 atom stereocenters. The highest BCUT2D eigenvalue weighted by Crippen LogP contribution is 2.24. The van der Waals surface area contributed by atoms with Gasteiger partial charge in [0.1, 0.15) is 11.3 Å². The van der Waals surface area contributed by atoms with Gasteiger partial charge in [-0.15, -0.1) is 0 Å². The van der Waals surface area contributed by atoms with Crippen LogP contribution in [0.25, 0.3) is 0 Å². The SMILES string of the molecule is C/C=C/CCNC(=O)c1c(N)cccc1OCC. The summed E-state index contributed by atoms with van der Waals surface area (Å²) in [7, 11) is 0. The number of nitrogens with two attached hydrogens (primary N) is 1. The number of anilines is 1. The molecule has 1 amide bonds. The summed E-state index contributed by atoms with van der Waals surface area (Å²) in [4.78, 5) is 12.0. The summed E-state index contributed by atoms with van der Waals surface area (Å²) in [5, 5.41) is 2.82. The molecule has 0 heterocycles. The van der Waals surface area contributed by atoms with Crippen LogP contribution in [0.2, 0.25) is 0 Å². The van der Waals surface area contributed by atoms with Gasteiger partial charge in [0.2, 0.25) is 0 Å². The van der Waals surface area contributed by atoms with Crippen molar-refractivity contribution < 1.29 is 9.53 Å². The fourth-order valence-electron chi connectivity index (χ4n) is 1.59. The van der Waals surface area contributed by atoms with Crippen molar-refractivity contribution in [1.82, 2.24) is 5.32 Å². The normalized spacial score (nSPS) is 10.6. The topological polar surface area (TPSA) is 64.4 Å². The van der Waals surface area contributed by atoms with Crippen LogP contribution in [-0.4, -0.2) is 19.1 Å². The van der Waals surface area contributed by atoms with Crippen LogP contribution in [0.15, 0.2) is 30.4 Å². The van der Waals surface area contributed by atoms with E-state index in [-0.39, 0.29) is 5.91 Å². The van der Waals surface area contributed by atoms with Crippen molar-refractivity contribution in [2.24, 2.45) is 0 Å². The Balaban J connectivity index is 2.77. The van der Waals surface area contributed by atoms with Crippen molar-refractivity contribution in [3.8, 4) is 5.75 Å². The van der Waals surface area contributed by atoms with Crippen molar-refractivity contribution in [2.45, 2.75) is 20.3 Å². The van der Waals surface area contributed by atoms with E-state index < -0.39 is 0 Å². The van der Waals surface area contributed by atoms with Crippen LogP contribution in [0, 0.1) is 0 Å². The Bertz CT molecular complexity index is 428. The van der Waals surface area contributed by atoms with Gasteiger partial charge in [0, 0.05) is 12.2 Å². The molecule has 0 saturated carbocycles. The molecule has 1 aromatic rings. The average molecular weight is 248 g/mol. The van der Waals surface area contributed by atoms with Crippen LogP contribution < -0.4 is 15.8 Å². The lowest BCUT2D eigenvalue weighted by Crippen LogP contribution is -2.25. The summed E-state index contributed by atoms with van der Waals surface area (Å²) in [6.45, 7) is 4.91. The van der Waals surface area contributed by atoms with Crippen molar-refractivity contribution in [1.29, 1.82) is 0 Å². The summed E-state index contributed by atoms with van der Waals surface area (Å²) in [5.41, 5.74) is 6.68. The minimum absolute atomic E-state index is 0.193. The minimum Gasteiger partial charge on any atom is -0.493 e. The third-order valence-electron chi connectivity index (χ3n) is 2.42. The summed E-state index contributed by atoms with van der Waals surface area (Å²) in [6.07, 6.45) is 4.76. The largest absolute Gasteiger partial charge is 0.493 e. The Kier molecular flexibility index (Phi) is 5.77. The number of nitrogen functional groups attached to an aromatic ring is 1. The first kappa shape index (κ1) is 14.1. The molecule has 0 aliphatic rings. The van der Waals surface area contributed by atoms with Gasteiger partial charge in [0.25, 0.3) is 5.91 Å². The molecule has 0 aromatic heterocycles. The van der Waals surface area contributed by atoms with Crippen molar-refractivity contribution in [3.05, 3.63) is 35.9 Å². The van der Waals surface area contributed by atoms with E-state index in [9.17, 15) is 4.79 Å². The van der Waals surface area contributed by atoms with E-state index in [1.807, 2.05) is 26.0 Å². The number of amides is 1. The Morgan fingerprint density at radius 1 is 1.50 bits per heavy atom. The first-order valence-corrected chi connectivity index (χ1v) is 6.11. The quantitative estimate of drug-likeness (QED) is 0.461. The molecule has 0 radical (unpaired) electrons. The zero-order chi connectivity index (χ0) is 13.4. The van der Waals surface area contributed by atoms with Gasteiger partial charge in [-0.25, -0.2) is 0 Å². The Morgan fingerprint density at radius 2 is 2.28 bits per heavy atom. The monoisotopic (exact) mass is 248 g/mol. The highest BCUT2D eigenvalue weighted by molar-refractivity contribution is 6.01. The minimum atomic E-state index is -0.193. The van der Waals surface area contributed by atoms with E-state index in [0.29, 0.717) is 30.2 Å². The molecule has 98 valence electrons. The third kappa shape index (κ3) is 3.80. The second-order valence-corrected chi connectivity index (χ2v) is 3.77. The van der Waals surface area contributed by atoms with Crippen LogP contribution in [0.5, 0.6) is 5.75 Å². The molecule has 0 spiro atoms. The molecular weight excluding hydrogens is 228 g/mol. The standard InChI is InChI=1S/C14H20N2O2/c1-3-5-6-10-16-14(17)13-11(15)8-7-9-12(13)18-4-2/h3,5,7-9H,4,6,10,15H2,1-2H3,(H,16,17)/b5-3+. The molecule has 0 fully saturated rings. The molecule has 1 aromatic carbocycles. The van der Waals surface area contributed by atoms with E-state index in [1.54, 1.807) is 18.2 Å². The summed E-state index contributed by atoms with van der Waals surface area (Å²) in [6, 6.07) is 5.22. The average Bonchev–Trinajstić information content (AvgIpc) is 2.35. The first-order chi connectivity index (χ1) is 8.70. The Labute approximate surface area is 108 Å². The zero-order valence-corrected chi connectivity index (χ0v) is 10.9. The van der Waals surface area contributed by atoms with Gasteiger partial charge < -0.3 is 15.8 Å². The van der Waals surface area contributed by atoms with Gasteiger partial charge in [-0.3, -0.25) is 4.79 Å². The van der Waals surface area contributed by atoms with E-state index in [0.717, 1.165) is 6.42 Å².